The molecule has 4 nitrogen and oxygen atoms in total. The highest BCUT2D eigenvalue weighted by atomic mass is 16.5. The zero-order chi connectivity index (χ0) is 13.5. The van der Waals surface area contributed by atoms with Crippen molar-refractivity contribution in [1.82, 2.24) is 4.90 Å². The number of benzene rings is 1. The molecule has 1 aliphatic heterocycles. The van der Waals surface area contributed by atoms with Crippen LogP contribution >= 0.6 is 0 Å². The van der Waals surface area contributed by atoms with Crippen LogP contribution in [0.3, 0.4) is 0 Å². The summed E-state index contributed by atoms with van der Waals surface area (Å²) in [6, 6.07) is 7.70. The van der Waals surface area contributed by atoms with Crippen molar-refractivity contribution in [2.75, 3.05) is 26.2 Å². The Kier molecular flexibility index (Phi) is 5.63. The maximum atomic E-state index is 9.98. The van der Waals surface area contributed by atoms with Gasteiger partial charge in [-0.1, -0.05) is 18.6 Å². The smallest absolute Gasteiger partial charge is 0.119 e. The van der Waals surface area contributed by atoms with E-state index in [1.54, 1.807) is 0 Å². The number of nitrogens with zero attached hydrogens (tertiary/aromatic N) is 1. The number of piperidine rings is 1. The molecule has 1 aromatic carbocycles. The van der Waals surface area contributed by atoms with Crippen molar-refractivity contribution in [2.24, 2.45) is 5.73 Å². The summed E-state index contributed by atoms with van der Waals surface area (Å²) in [7, 11) is 0. The van der Waals surface area contributed by atoms with Gasteiger partial charge in [0.25, 0.3) is 0 Å². The third kappa shape index (κ3) is 4.82. The highest BCUT2D eigenvalue weighted by molar-refractivity contribution is 5.27. The van der Waals surface area contributed by atoms with Crippen molar-refractivity contribution in [3.05, 3.63) is 29.8 Å². The number of aliphatic hydroxyl groups excluding tert-OH is 1. The summed E-state index contributed by atoms with van der Waals surface area (Å²) in [4.78, 5) is 2.31. The second-order valence-electron chi connectivity index (χ2n) is 5.17. The van der Waals surface area contributed by atoms with Crippen LogP contribution < -0.4 is 10.5 Å². The standard InChI is InChI=1S/C15H24N2O2/c16-10-13-4-6-15(7-5-13)19-12-14(18)11-17-8-2-1-3-9-17/h4-7,14,18H,1-3,8-12,16H2. The number of β-amino-alcohol motifs (C(OH)–C–C–N with tert-alkyl or cyclic N) is 1. The molecule has 0 radical (unpaired) electrons. The first kappa shape index (κ1) is 14.3. The highest BCUT2D eigenvalue weighted by Crippen LogP contribution is 2.13. The molecule has 0 saturated carbocycles. The zero-order valence-corrected chi connectivity index (χ0v) is 11.4. The van der Waals surface area contributed by atoms with Gasteiger partial charge < -0.3 is 20.5 Å². The highest BCUT2D eigenvalue weighted by Gasteiger charge is 2.14. The third-order valence-corrected chi connectivity index (χ3v) is 3.52. The molecule has 1 atom stereocenters. The van der Waals surface area contributed by atoms with Crippen LogP contribution in [0.15, 0.2) is 24.3 Å². The average Bonchev–Trinajstić information content (AvgIpc) is 2.47. The third-order valence-electron chi connectivity index (χ3n) is 3.52. The van der Waals surface area contributed by atoms with Crippen LogP contribution in [-0.4, -0.2) is 42.4 Å². The Labute approximate surface area is 115 Å². The van der Waals surface area contributed by atoms with Crippen LogP contribution in [0.4, 0.5) is 0 Å². The first-order valence-corrected chi connectivity index (χ1v) is 7.10. The fraction of sp³-hybridized carbons (Fsp3) is 0.600. The van der Waals surface area contributed by atoms with Gasteiger partial charge in [-0.05, 0) is 43.6 Å². The molecule has 0 aliphatic carbocycles. The molecule has 4 heteroatoms. The molecule has 0 amide bonds. The lowest BCUT2D eigenvalue weighted by atomic mass is 10.1. The van der Waals surface area contributed by atoms with E-state index in [1.165, 1.54) is 19.3 Å². The summed E-state index contributed by atoms with van der Waals surface area (Å²) in [6.07, 6.45) is 3.38. The van der Waals surface area contributed by atoms with Crippen molar-refractivity contribution < 1.29 is 9.84 Å². The van der Waals surface area contributed by atoms with Gasteiger partial charge in [0.05, 0.1) is 0 Å². The summed E-state index contributed by atoms with van der Waals surface area (Å²) in [5.41, 5.74) is 6.62. The van der Waals surface area contributed by atoms with Gasteiger partial charge in [0.2, 0.25) is 0 Å². The minimum Gasteiger partial charge on any atom is -0.491 e. The van der Waals surface area contributed by atoms with Crippen molar-refractivity contribution in [1.29, 1.82) is 0 Å². The van der Waals surface area contributed by atoms with E-state index in [9.17, 15) is 5.11 Å². The van der Waals surface area contributed by atoms with E-state index >= 15 is 0 Å². The van der Waals surface area contributed by atoms with Crippen molar-refractivity contribution in [3.8, 4) is 5.75 Å². The molecule has 1 fully saturated rings. The van der Waals surface area contributed by atoms with Crippen LogP contribution in [0.2, 0.25) is 0 Å². The quantitative estimate of drug-likeness (QED) is 0.815. The van der Waals surface area contributed by atoms with Gasteiger partial charge in [0, 0.05) is 13.1 Å². The largest absolute Gasteiger partial charge is 0.491 e. The van der Waals surface area contributed by atoms with Crippen LogP contribution in [-0.2, 0) is 6.54 Å². The molecule has 3 N–H and O–H groups in total. The molecule has 2 rings (SSSR count). The van der Waals surface area contributed by atoms with Gasteiger partial charge in [0.15, 0.2) is 0 Å². The average molecular weight is 264 g/mol. The monoisotopic (exact) mass is 264 g/mol. The van der Waals surface area contributed by atoms with E-state index < -0.39 is 6.10 Å². The lowest BCUT2D eigenvalue weighted by Crippen LogP contribution is -2.38. The molecular weight excluding hydrogens is 240 g/mol. The molecule has 1 heterocycles. The number of ether oxygens (including phenoxy) is 1. The molecule has 1 aliphatic rings. The minimum absolute atomic E-state index is 0.346. The van der Waals surface area contributed by atoms with Crippen LogP contribution in [0.1, 0.15) is 24.8 Å². The molecule has 1 aromatic rings. The number of hydrogen-bond acceptors (Lipinski definition) is 4. The SMILES string of the molecule is NCc1ccc(OCC(O)CN2CCCCC2)cc1. The van der Waals surface area contributed by atoms with Crippen LogP contribution in [0, 0.1) is 0 Å². The Morgan fingerprint density at radius 3 is 2.47 bits per heavy atom. The Hall–Kier alpha value is -1.10. The van der Waals surface area contributed by atoms with Gasteiger partial charge in [-0.15, -0.1) is 0 Å². The second-order valence-corrected chi connectivity index (χ2v) is 5.17. The molecule has 0 spiro atoms. The predicted octanol–water partition coefficient (Wildman–Crippen LogP) is 1.37. The van der Waals surface area contributed by atoms with E-state index in [1.807, 2.05) is 24.3 Å². The normalized spacial score (nSPS) is 18.2. The number of nitrogens with two attached hydrogens (primary N) is 1. The maximum absolute atomic E-state index is 9.98. The number of aliphatic hydroxyl groups is 1. The summed E-state index contributed by atoms with van der Waals surface area (Å²) < 4.78 is 5.59. The Bertz CT molecular complexity index is 361. The molecule has 106 valence electrons. The summed E-state index contributed by atoms with van der Waals surface area (Å²) >= 11 is 0. The molecule has 0 aromatic heterocycles. The van der Waals surface area contributed by atoms with Gasteiger partial charge in [-0.2, -0.15) is 0 Å². The topological polar surface area (TPSA) is 58.7 Å². The predicted molar refractivity (Wildman–Crippen MR) is 76.1 cm³/mol. The lowest BCUT2D eigenvalue weighted by Gasteiger charge is -2.28. The summed E-state index contributed by atoms with van der Waals surface area (Å²) in [6.45, 7) is 3.79. The van der Waals surface area contributed by atoms with Crippen LogP contribution in [0.5, 0.6) is 5.75 Å². The fourth-order valence-electron chi connectivity index (χ4n) is 2.41. The van der Waals surface area contributed by atoms with Crippen molar-refractivity contribution in [2.45, 2.75) is 31.9 Å². The first-order chi connectivity index (χ1) is 9.28. The Morgan fingerprint density at radius 2 is 1.84 bits per heavy atom. The molecule has 1 unspecified atom stereocenters. The minimum atomic E-state index is -0.424. The first-order valence-electron chi connectivity index (χ1n) is 7.10. The van der Waals surface area contributed by atoms with Gasteiger partial charge in [0.1, 0.15) is 18.5 Å². The Morgan fingerprint density at radius 1 is 1.16 bits per heavy atom. The van der Waals surface area contributed by atoms with Gasteiger partial charge in [-0.25, -0.2) is 0 Å². The number of rotatable bonds is 6. The lowest BCUT2D eigenvalue weighted by molar-refractivity contribution is 0.0617. The van der Waals surface area contributed by atoms with E-state index in [0.717, 1.165) is 24.4 Å². The zero-order valence-electron chi connectivity index (χ0n) is 11.4. The Balaban J connectivity index is 1.71. The van der Waals surface area contributed by atoms with E-state index in [2.05, 4.69) is 4.90 Å². The summed E-state index contributed by atoms with van der Waals surface area (Å²) in [5.74, 6) is 0.787. The molecular formula is C15H24N2O2. The van der Waals surface area contributed by atoms with Gasteiger partial charge >= 0.3 is 0 Å². The van der Waals surface area contributed by atoms with E-state index in [-0.39, 0.29) is 0 Å². The van der Waals surface area contributed by atoms with E-state index in [4.69, 9.17) is 10.5 Å². The second kappa shape index (κ2) is 7.48. The maximum Gasteiger partial charge on any atom is 0.119 e. The van der Waals surface area contributed by atoms with E-state index in [0.29, 0.717) is 19.7 Å². The van der Waals surface area contributed by atoms with Crippen LogP contribution in [0.25, 0.3) is 0 Å². The molecule has 1 saturated heterocycles. The van der Waals surface area contributed by atoms with Crippen molar-refractivity contribution >= 4 is 0 Å². The molecule has 19 heavy (non-hydrogen) atoms. The number of hydrogen-bond donors (Lipinski definition) is 2. The summed E-state index contributed by atoms with van der Waals surface area (Å²) in [5, 5.41) is 9.98. The van der Waals surface area contributed by atoms with Gasteiger partial charge in [-0.3, -0.25) is 0 Å². The number of likely N-dealkylation sites (tertiary alicyclic amines) is 1. The van der Waals surface area contributed by atoms with Crippen molar-refractivity contribution in [3.63, 3.8) is 0 Å². The fourth-order valence-corrected chi connectivity index (χ4v) is 2.41. The molecule has 0 bridgehead atoms.